The van der Waals surface area contributed by atoms with E-state index < -0.39 is 0 Å². The first-order valence-corrected chi connectivity index (χ1v) is 8.19. The van der Waals surface area contributed by atoms with Crippen LogP contribution in [0.1, 0.15) is 11.3 Å². The Balaban J connectivity index is 1.74. The minimum absolute atomic E-state index is 0.173. The van der Waals surface area contributed by atoms with Gasteiger partial charge in [-0.15, -0.1) is 11.3 Å². The second kappa shape index (κ2) is 6.08. The molecule has 3 aromatic rings. The summed E-state index contributed by atoms with van der Waals surface area (Å²) in [7, 11) is 0. The summed E-state index contributed by atoms with van der Waals surface area (Å²) in [5.74, 6) is 0.193. The van der Waals surface area contributed by atoms with Gasteiger partial charge < -0.3 is 5.11 Å². The maximum absolute atomic E-state index is 9.62. The number of aromatic nitrogens is 2. The summed E-state index contributed by atoms with van der Waals surface area (Å²) in [5, 5.41) is 11.6. The van der Waals surface area contributed by atoms with E-state index in [-0.39, 0.29) is 12.5 Å². The highest BCUT2D eigenvalue weighted by atomic mass is 79.9. The standard InChI is InChI=1S/C15H15BrN2OS/c16-14-4-2-1-3-12(14)7-11(10-19)8-13-9-18-5-6-20-15(18)17-13/h1-6,9,11,19H,7-8,10H2. The fourth-order valence-corrected chi connectivity index (χ4v) is 3.51. The summed E-state index contributed by atoms with van der Waals surface area (Å²) < 4.78 is 3.14. The lowest BCUT2D eigenvalue weighted by molar-refractivity contribution is 0.224. The zero-order chi connectivity index (χ0) is 13.9. The highest BCUT2D eigenvalue weighted by molar-refractivity contribution is 9.10. The molecule has 0 radical (unpaired) electrons. The third-order valence-corrected chi connectivity index (χ3v) is 4.91. The van der Waals surface area contributed by atoms with E-state index in [0.717, 1.165) is 28.0 Å². The van der Waals surface area contributed by atoms with Gasteiger partial charge in [0.05, 0.1) is 5.69 Å². The van der Waals surface area contributed by atoms with Gasteiger partial charge in [-0.1, -0.05) is 34.1 Å². The van der Waals surface area contributed by atoms with Crippen molar-refractivity contribution in [2.24, 2.45) is 5.92 Å². The molecule has 20 heavy (non-hydrogen) atoms. The molecule has 0 bridgehead atoms. The van der Waals surface area contributed by atoms with Gasteiger partial charge in [0.1, 0.15) is 0 Å². The van der Waals surface area contributed by atoms with Crippen LogP contribution in [0.3, 0.4) is 0 Å². The summed E-state index contributed by atoms with van der Waals surface area (Å²) in [6, 6.07) is 8.17. The molecule has 0 saturated heterocycles. The number of hydrogen-bond acceptors (Lipinski definition) is 3. The van der Waals surface area contributed by atoms with E-state index in [2.05, 4.69) is 33.2 Å². The number of rotatable bonds is 5. The number of fused-ring (bicyclic) bond motifs is 1. The largest absolute Gasteiger partial charge is 0.396 e. The monoisotopic (exact) mass is 350 g/mol. The van der Waals surface area contributed by atoms with Gasteiger partial charge in [0.25, 0.3) is 0 Å². The predicted octanol–water partition coefficient (Wildman–Crippen LogP) is 3.55. The normalized spacial score (nSPS) is 12.9. The second-order valence-electron chi connectivity index (χ2n) is 4.87. The topological polar surface area (TPSA) is 37.5 Å². The average Bonchev–Trinajstić information content (AvgIpc) is 3.01. The summed E-state index contributed by atoms with van der Waals surface area (Å²) in [5.41, 5.74) is 2.27. The third-order valence-electron chi connectivity index (χ3n) is 3.37. The Hall–Kier alpha value is -1.17. The predicted molar refractivity (Wildman–Crippen MR) is 85.2 cm³/mol. The first-order valence-electron chi connectivity index (χ1n) is 6.51. The van der Waals surface area contributed by atoms with Crippen LogP contribution in [0, 0.1) is 5.92 Å². The van der Waals surface area contributed by atoms with E-state index in [0.29, 0.717) is 0 Å². The number of hydrogen-bond donors (Lipinski definition) is 1. The molecule has 0 spiro atoms. The summed E-state index contributed by atoms with van der Waals surface area (Å²) in [4.78, 5) is 5.59. The lowest BCUT2D eigenvalue weighted by atomic mass is 9.96. The first-order chi connectivity index (χ1) is 9.76. The maximum Gasteiger partial charge on any atom is 0.193 e. The van der Waals surface area contributed by atoms with Gasteiger partial charge in [0.15, 0.2) is 4.96 Å². The SMILES string of the molecule is OCC(Cc1cn2ccsc2n1)Cc1ccccc1Br. The van der Waals surface area contributed by atoms with Crippen molar-refractivity contribution >= 4 is 32.2 Å². The molecule has 0 aliphatic rings. The van der Waals surface area contributed by atoms with Crippen LogP contribution in [0.25, 0.3) is 4.96 Å². The number of imidazole rings is 1. The van der Waals surface area contributed by atoms with E-state index in [1.165, 1.54) is 5.56 Å². The fraction of sp³-hybridized carbons (Fsp3) is 0.267. The molecule has 2 heterocycles. The zero-order valence-corrected chi connectivity index (χ0v) is 13.3. The highest BCUT2D eigenvalue weighted by Gasteiger charge is 2.14. The lowest BCUT2D eigenvalue weighted by Gasteiger charge is -2.13. The number of aliphatic hydroxyl groups is 1. The van der Waals surface area contributed by atoms with E-state index in [1.807, 2.05) is 34.2 Å². The molecule has 0 fully saturated rings. The third kappa shape index (κ3) is 2.95. The molecule has 0 aliphatic carbocycles. The van der Waals surface area contributed by atoms with Gasteiger partial charge in [0.2, 0.25) is 0 Å². The molecule has 1 unspecified atom stereocenters. The second-order valence-corrected chi connectivity index (χ2v) is 6.60. The molecule has 0 aliphatic heterocycles. The number of aliphatic hydroxyl groups excluding tert-OH is 1. The summed E-state index contributed by atoms with van der Waals surface area (Å²) in [6.45, 7) is 0.173. The van der Waals surface area contributed by atoms with Crippen LogP contribution in [-0.4, -0.2) is 21.1 Å². The van der Waals surface area contributed by atoms with E-state index in [1.54, 1.807) is 11.3 Å². The molecular weight excluding hydrogens is 336 g/mol. The molecule has 0 amide bonds. The van der Waals surface area contributed by atoms with E-state index >= 15 is 0 Å². The van der Waals surface area contributed by atoms with Crippen molar-refractivity contribution in [2.45, 2.75) is 12.8 Å². The van der Waals surface area contributed by atoms with Crippen LogP contribution in [0.4, 0.5) is 0 Å². The Kier molecular flexibility index (Phi) is 4.19. The molecule has 1 aromatic carbocycles. The van der Waals surface area contributed by atoms with Gasteiger partial charge >= 0.3 is 0 Å². The minimum atomic E-state index is 0.173. The molecule has 1 atom stereocenters. The van der Waals surface area contributed by atoms with Crippen LogP contribution in [0.5, 0.6) is 0 Å². The molecule has 3 nitrogen and oxygen atoms in total. The van der Waals surface area contributed by atoms with Crippen LogP contribution >= 0.6 is 27.3 Å². The van der Waals surface area contributed by atoms with Gasteiger partial charge in [-0.25, -0.2) is 4.98 Å². The number of benzene rings is 1. The minimum Gasteiger partial charge on any atom is -0.396 e. The number of halogens is 1. The van der Waals surface area contributed by atoms with Crippen molar-refractivity contribution in [2.75, 3.05) is 6.61 Å². The molecule has 0 saturated carbocycles. The van der Waals surface area contributed by atoms with E-state index in [9.17, 15) is 5.11 Å². The lowest BCUT2D eigenvalue weighted by Crippen LogP contribution is -2.13. The van der Waals surface area contributed by atoms with Crippen molar-refractivity contribution in [3.05, 3.63) is 57.8 Å². The van der Waals surface area contributed by atoms with Crippen LogP contribution in [0.2, 0.25) is 0 Å². The van der Waals surface area contributed by atoms with Crippen LogP contribution in [0.15, 0.2) is 46.5 Å². The van der Waals surface area contributed by atoms with Gasteiger partial charge in [-0.3, -0.25) is 4.40 Å². The molecule has 104 valence electrons. The summed E-state index contributed by atoms with van der Waals surface area (Å²) in [6.07, 6.45) is 5.71. The average molecular weight is 351 g/mol. The fourth-order valence-electron chi connectivity index (χ4n) is 2.35. The highest BCUT2D eigenvalue weighted by Crippen LogP contribution is 2.22. The van der Waals surface area contributed by atoms with Crippen molar-refractivity contribution in [1.29, 1.82) is 0 Å². The van der Waals surface area contributed by atoms with E-state index in [4.69, 9.17) is 0 Å². The summed E-state index contributed by atoms with van der Waals surface area (Å²) >= 11 is 5.19. The van der Waals surface area contributed by atoms with Gasteiger partial charge in [0, 0.05) is 28.9 Å². The Morgan fingerprint density at radius 3 is 2.90 bits per heavy atom. The van der Waals surface area contributed by atoms with Gasteiger partial charge in [-0.2, -0.15) is 0 Å². The Bertz CT molecular complexity index is 678. The van der Waals surface area contributed by atoms with Crippen molar-refractivity contribution in [3.63, 3.8) is 0 Å². The molecule has 1 N–H and O–H groups in total. The number of thiazole rings is 1. The molecule has 3 rings (SSSR count). The molecular formula is C15H15BrN2OS. The number of nitrogens with zero attached hydrogens (tertiary/aromatic N) is 2. The Morgan fingerprint density at radius 1 is 1.30 bits per heavy atom. The maximum atomic E-state index is 9.62. The Labute approximate surface area is 130 Å². The zero-order valence-electron chi connectivity index (χ0n) is 10.9. The van der Waals surface area contributed by atoms with Crippen molar-refractivity contribution in [1.82, 2.24) is 9.38 Å². The van der Waals surface area contributed by atoms with Crippen molar-refractivity contribution < 1.29 is 5.11 Å². The Morgan fingerprint density at radius 2 is 2.15 bits per heavy atom. The van der Waals surface area contributed by atoms with Crippen molar-refractivity contribution in [3.8, 4) is 0 Å². The smallest absolute Gasteiger partial charge is 0.193 e. The van der Waals surface area contributed by atoms with Gasteiger partial charge in [-0.05, 0) is 30.4 Å². The molecule has 2 aromatic heterocycles. The quantitative estimate of drug-likeness (QED) is 0.763. The van der Waals surface area contributed by atoms with Crippen LogP contribution < -0.4 is 0 Å². The first kappa shape index (κ1) is 13.8. The van der Waals surface area contributed by atoms with Crippen LogP contribution in [-0.2, 0) is 12.8 Å². The molecule has 5 heteroatoms.